The van der Waals surface area contributed by atoms with Gasteiger partial charge in [-0.25, -0.2) is 4.21 Å². The molecule has 0 aromatic rings. The van der Waals surface area contributed by atoms with E-state index < -0.39 is 67.2 Å². The smallest absolute Gasteiger partial charge is 0.0541 e. The summed E-state index contributed by atoms with van der Waals surface area (Å²) >= 11 is 0. The van der Waals surface area contributed by atoms with E-state index in [9.17, 15) is 25.3 Å². The lowest BCUT2D eigenvalue weighted by molar-refractivity contribution is 0.597. The van der Waals surface area contributed by atoms with Crippen molar-refractivity contribution in [2.75, 3.05) is 50.0 Å². The van der Waals surface area contributed by atoms with Gasteiger partial charge in [0.1, 0.15) is 0 Å². The highest BCUT2D eigenvalue weighted by molar-refractivity contribution is 8.02. The highest BCUT2D eigenvalue weighted by atomic mass is 32.2. The van der Waals surface area contributed by atoms with Gasteiger partial charge in [0, 0.05) is 88.5 Å². The molecule has 0 aromatic heterocycles. The van der Waals surface area contributed by atoms with E-state index in [0.29, 0.717) is 0 Å². The third-order valence-electron chi connectivity index (χ3n) is 3.70. The summed E-state index contributed by atoms with van der Waals surface area (Å²) in [5.41, 5.74) is 0. The van der Waals surface area contributed by atoms with Crippen LogP contribution in [-0.2, 0) is 57.8 Å². The van der Waals surface area contributed by atoms with Gasteiger partial charge in [-0.3, -0.25) is 35.4 Å². The Hall–Kier alpha value is -0.0900. The monoisotopic (exact) mass is 980 g/mol. The summed E-state index contributed by atoms with van der Waals surface area (Å²) in [4.78, 5) is 0. The molecule has 0 saturated heterocycles. The van der Waals surface area contributed by atoms with Crippen LogP contribution in [0.5, 0.6) is 0 Å². The molecule has 0 aromatic carbocycles. The maximum absolute atomic E-state index is 12.1. The SMILES string of the molecule is C.C=S(=O)(C(C)(C)C)C(C)(C)C.C=S(C)(C)=O.C=S(C)(C)=O.CC.CC.CC.CC.CC.CC.CC.CC.CC(C)(C)S(=N)(=O)C(C)(C)C.CS(C)(=N)=O.CS(C)(=N)=O. The van der Waals surface area contributed by atoms with Gasteiger partial charge in [-0.1, -0.05) is 118 Å². The lowest BCUT2D eigenvalue weighted by atomic mass is 10.2. The summed E-state index contributed by atoms with van der Waals surface area (Å²) in [5, 5.41) is 0. The maximum atomic E-state index is 12.1. The summed E-state index contributed by atoms with van der Waals surface area (Å²) < 4.78 is 83.3. The molecule has 0 bridgehead atoms. The predicted molar refractivity (Wildman–Crippen MR) is 302 cm³/mol. The average molecular weight is 981 g/mol. The van der Waals surface area contributed by atoms with Gasteiger partial charge in [0.15, 0.2) is 0 Å². The first kappa shape index (κ1) is 102. The molecule has 0 aliphatic carbocycles. The Morgan fingerprint density at radius 3 is 0.373 bits per heavy atom. The van der Waals surface area contributed by atoms with Crippen LogP contribution in [0.4, 0.5) is 0 Å². The van der Waals surface area contributed by atoms with E-state index in [2.05, 4.69) is 17.6 Å². The second kappa shape index (κ2) is 52.3. The van der Waals surface area contributed by atoms with E-state index in [1.165, 1.54) is 25.0 Å². The highest BCUT2D eigenvalue weighted by Crippen LogP contribution is 2.29. The molecule has 3 N–H and O–H groups in total. The number of nitrogens with one attached hydrogen (secondary N) is 3. The van der Waals surface area contributed by atoms with Crippen molar-refractivity contribution in [2.45, 2.75) is 220 Å². The molecule has 9 nitrogen and oxygen atoms in total. The molecular weight excluding hydrogens is 859 g/mol. The van der Waals surface area contributed by atoms with Crippen molar-refractivity contribution in [3.05, 3.63) is 0 Å². The Kier molecular flexibility index (Phi) is 90.8. The molecule has 0 saturated carbocycles. The lowest BCUT2D eigenvalue weighted by Crippen LogP contribution is -2.41. The van der Waals surface area contributed by atoms with Gasteiger partial charge in [-0.05, 0) is 129 Å². The van der Waals surface area contributed by atoms with Crippen molar-refractivity contribution in [1.82, 2.24) is 0 Å². The Bertz CT molecular complexity index is 1190. The summed E-state index contributed by atoms with van der Waals surface area (Å²) in [7, 11) is -12.2. The first-order valence-electron chi connectivity index (χ1n) is 20.6. The zero-order valence-corrected chi connectivity index (χ0v) is 51.4. The van der Waals surface area contributed by atoms with E-state index in [0.717, 1.165) is 0 Å². The number of rotatable bonds is 0. The summed E-state index contributed by atoms with van der Waals surface area (Å²) in [6.45, 7) is 55.0. The third-order valence-corrected chi connectivity index (χ3v) is 11.1. The zero-order valence-electron chi connectivity index (χ0n) is 46.5. The zero-order chi connectivity index (χ0) is 53.0. The largest absolute Gasteiger partial charge is 0.269 e. The second-order valence-corrected chi connectivity index (χ2v) is 33.1. The van der Waals surface area contributed by atoms with E-state index in [4.69, 9.17) is 14.3 Å². The van der Waals surface area contributed by atoms with E-state index >= 15 is 0 Å². The standard InChI is InChI=1S/C9H20OS.C8H19NOS.2C3H8OS.2C2H7NOS.8C2H6.CH4/c1-8(2,3)11(7,10)9(4,5)6;1-7(2,3)11(9,10)8(4,5)6;4*1-5(2,3)4;8*1-2;/h7H2,1-6H3;9H,1-6H3;2*1H2,2-3H3;2*3H,1-2H3;8*1-2H3;1H4. The molecule has 0 rings (SSSR count). The van der Waals surface area contributed by atoms with Crippen molar-refractivity contribution in [3.63, 3.8) is 0 Å². The van der Waals surface area contributed by atoms with E-state index in [1.54, 1.807) is 25.0 Å². The normalized spacial score (nSPS) is 10.4. The van der Waals surface area contributed by atoms with Gasteiger partial charge in [0.25, 0.3) is 0 Å². The molecule has 0 atom stereocenters. The van der Waals surface area contributed by atoms with Gasteiger partial charge >= 0.3 is 0 Å². The molecule has 0 aliphatic heterocycles. The Morgan fingerprint density at radius 2 is 0.373 bits per heavy atom. The van der Waals surface area contributed by atoms with E-state index in [1.807, 2.05) is 194 Å². The third kappa shape index (κ3) is 140. The molecule has 0 amide bonds. The minimum Gasteiger partial charge on any atom is -0.269 e. The first-order valence-corrected chi connectivity index (χ1v) is 33.7. The topological polar surface area (TPSA) is 174 Å². The first-order chi connectivity index (χ1) is 25.0. The molecule has 0 aliphatic rings. The van der Waals surface area contributed by atoms with Crippen molar-refractivity contribution in [1.29, 1.82) is 14.3 Å². The van der Waals surface area contributed by atoms with Crippen LogP contribution in [0.15, 0.2) is 0 Å². The molecule has 384 valence electrons. The van der Waals surface area contributed by atoms with E-state index in [-0.39, 0.29) is 16.9 Å². The van der Waals surface area contributed by atoms with Crippen LogP contribution in [-0.4, -0.2) is 112 Å². The average Bonchev–Trinajstić information content (AvgIpc) is 3.00. The van der Waals surface area contributed by atoms with Gasteiger partial charge in [-0.15, -0.1) is 0 Å². The van der Waals surface area contributed by atoms with Gasteiger partial charge in [0.05, 0.1) is 9.73 Å². The van der Waals surface area contributed by atoms with Crippen LogP contribution in [0.25, 0.3) is 0 Å². The Morgan fingerprint density at radius 1 is 0.305 bits per heavy atom. The maximum Gasteiger partial charge on any atom is 0.0541 e. The number of hydrogen-bond donors (Lipinski definition) is 3. The van der Waals surface area contributed by atoms with Crippen molar-refractivity contribution >= 4 is 75.4 Å². The Labute approximate surface area is 382 Å². The van der Waals surface area contributed by atoms with Gasteiger partial charge < -0.3 is 0 Å². The molecule has 0 fully saturated rings. The van der Waals surface area contributed by atoms with Crippen LogP contribution in [0, 0.1) is 14.3 Å². The van der Waals surface area contributed by atoms with Crippen molar-refractivity contribution < 1.29 is 25.3 Å². The van der Waals surface area contributed by atoms with Crippen LogP contribution in [0.1, 0.15) is 201 Å². The fourth-order valence-electron chi connectivity index (χ4n) is 1.84. The molecule has 0 unspecified atom stereocenters. The molecule has 15 heteroatoms. The van der Waals surface area contributed by atoms with Crippen LogP contribution < -0.4 is 0 Å². The summed E-state index contributed by atoms with van der Waals surface area (Å²) in [5.74, 6) is 10.4. The lowest BCUT2D eigenvalue weighted by Gasteiger charge is -2.34. The summed E-state index contributed by atoms with van der Waals surface area (Å²) in [6, 6.07) is 0. The van der Waals surface area contributed by atoms with Gasteiger partial charge in [-0.2, -0.15) is 0 Å². The van der Waals surface area contributed by atoms with Gasteiger partial charge in [0.2, 0.25) is 0 Å². The fourth-order valence-corrected chi connectivity index (χ4v) is 5.51. The quantitative estimate of drug-likeness (QED) is 0.204. The minimum atomic E-state index is -2.51. The van der Waals surface area contributed by atoms with Crippen LogP contribution >= 0.6 is 0 Å². The summed E-state index contributed by atoms with van der Waals surface area (Å²) in [6.07, 6.45) is 11.9. The van der Waals surface area contributed by atoms with Crippen LogP contribution in [0.2, 0.25) is 0 Å². The molecule has 0 heterocycles. The van der Waals surface area contributed by atoms with Crippen molar-refractivity contribution in [2.24, 2.45) is 0 Å². The van der Waals surface area contributed by atoms with Crippen LogP contribution in [0.3, 0.4) is 0 Å². The minimum absolute atomic E-state index is 0. The molecule has 0 spiro atoms. The fraction of sp³-hybridized carbons (Fsp3) is 0.932. The highest BCUT2D eigenvalue weighted by Gasteiger charge is 2.36. The Balaban J connectivity index is -0.0000000289. The second-order valence-electron chi connectivity index (χ2n) is 15.0. The predicted octanol–water partition coefficient (Wildman–Crippen LogP) is 14.3. The molecular formula is C44H121N3O6S6. The van der Waals surface area contributed by atoms with Crippen molar-refractivity contribution in [3.8, 4) is 0 Å². The number of hydrogen-bond acceptors (Lipinski definition) is 9. The molecule has 59 heavy (non-hydrogen) atoms. The molecule has 0 radical (unpaired) electrons.